The molecule has 0 amide bonds. The molecule has 1 unspecified atom stereocenters. The Morgan fingerprint density at radius 1 is 1.16 bits per heavy atom. The molecule has 2 rings (SSSR count). The smallest absolute Gasteiger partial charge is 0.303 e. The topological polar surface area (TPSA) is 83.3 Å². The van der Waals surface area contributed by atoms with Gasteiger partial charge in [0.05, 0.1) is 6.10 Å². The van der Waals surface area contributed by atoms with Crippen LogP contribution >= 0.6 is 0 Å². The first-order valence-corrected chi connectivity index (χ1v) is 5.94. The second-order valence-corrected chi connectivity index (χ2v) is 4.14. The van der Waals surface area contributed by atoms with Crippen molar-refractivity contribution >= 4 is 5.97 Å². The predicted molar refractivity (Wildman–Crippen MR) is 69.3 cm³/mol. The minimum atomic E-state index is -0.909. The third-order valence-electron chi connectivity index (χ3n) is 2.75. The van der Waals surface area contributed by atoms with E-state index in [0.29, 0.717) is 11.4 Å². The van der Waals surface area contributed by atoms with Crippen molar-refractivity contribution in [2.45, 2.75) is 18.9 Å². The average Bonchev–Trinajstić information content (AvgIpc) is 2.46. The molecule has 0 saturated carbocycles. The van der Waals surface area contributed by atoms with Crippen LogP contribution in [0.3, 0.4) is 0 Å². The van der Waals surface area contributed by atoms with Gasteiger partial charge in [0.15, 0.2) is 5.82 Å². The molecule has 98 valence electrons. The first kappa shape index (κ1) is 13.2. The van der Waals surface area contributed by atoms with E-state index in [1.54, 1.807) is 30.6 Å². The summed E-state index contributed by atoms with van der Waals surface area (Å²) in [4.78, 5) is 18.7. The van der Waals surface area contributed by atoms with Crippen molar-refractivity contribution < 1.29 is 15.0 Å². The number of aliphatic hydroxyl groups is 1. The van der Waals surface area contributed by atoms with Gasteiger partial charge in [0.1, 0.15) is 0 Å². The number of rotatable bonds is 5. The van der Waals surface area contributed by atoms with E-state index < -0.39 is 12.1 Å². The molecular formula is C14H14N2O3. The van der Waals surface area contributed by atoms with Crippen LogP contribution in [0, 0.1) is 0 Å². The summed E-state index contributed by atoms with van der Waals surface area (Å²) >= 11 is 0. The van der Waals surface area contributed by atoms with Crippen LogP contribution in [0.15, 0.2) is 42.7 Å². The summed E-state index contributed by atoms with van der Waals surface area (Å²) in [6.45, 7) is 0. The molecule has 0 saturated heterocycles. The summed E-state index contributed by atoms with van der Waals surface area (Å²) < 4.78 is 0. The van der Waals surface area contributed by atoms with Crippen LogP contribution in [0.2, 0.25) is 0 Å². The molecule has 0 bridgehead atoms. The van der Waals surface area contributed by atoms with E-state index in [0.717, 1.165) is 5.56 Å². The zero-order valence-electron chi connectivity index (χ0n) is 10.2. The highest BCUT2D eigenvalue weighted by Gasteiger charge is 2.10. The summed E-state index contributed by atoms with van der Waals surface area (Å²) in [5, 5.41) is 18.4. The quantitative estimate of drug-likeness (QED) is 0.857. The second-order valence-electron chi connectivity index (χ2n) is 4.14. The van der Waals surface area contributed by atoms with E-state index in [1.165, 1.54) is 0 Å². The average molecular weight is 258 g/mol. The van der Waals surface area contributed by atoms with Crippen molar-refractivity contribution in [1.29, 1.82) is 0 Å². The van der Waals surface area contributed by atoms with Crippen molar-refractivity contribution in [3.05, 3.63) is 48.3 Å². The van der Waals surface area contributed by atoms with Gasteiger partial charge in [-0.2, -0.15) is 0 Å². The Bertz CT molecular complexity index is 540. The third-order valence-corrected chi connectivity index (χ3v) is 2.75. The van der Waals surface area contributed by atoms with Crippen LogP contribution in [0.1, 0.15) is 24.5 Å². The van der Waals surface area contributed by atoms with E-state index in [-0.39, 0.29) is 12.8 Å². The molecule has 0 aliphatic heterocycles. The van der Waals surface area contributed by atoms with Crippen molar-refractivity contribution in [2.75, 3.05) is 0 Å². The number of nitrogens with zero attached hydrogens (tertiary/aromatic N) is 2. The number of hydrogen-bond donors (Lipinski definition) is 2. The van der Waals surface area contributed by atoms with Crippen LogP contribution in [-0.2, 0) is 4.79 Å². The van der Waals surface area contributed by atoms with E-state index >= 15 is 0 Å². The number of aliphatic hydroxyl groups excluding tert-OH is 1. The van der Waals surface area contributed by atoms with Gasteiger partial charge in [0.2, 0.25) is 0 Å². The molecule has 5 heteroatoms. The number of hydrogen-bond acceptors (Lipinski definition) is 4. The molecule has 1 aromatic heterocycles. The SMILES string of the molecule is O=C(O)CCC(O)c1ccc(-c2ncccn2)cc1. The summed E-state index contributed by atoms with van der Waals surface area (Å²) in [5.74, 6) is -0.289. The fourth-order valence-corrected chi connectivity index (χ4v) is 1.73. The van der Waals surface area contributed by atoms with E-state index in [4.69, 9.17) is 5.11 Å². The molecule has 1 aromatic carbocycles. The normalized spacial score (nSPS) is 12.1. The zero-order valence-corrected chi connectivity index (χ0v) is 10.2. The van der Waals surface area contributed by atoms with E-state index in [2.05, 4.69) is 9.97 Å². The Morgan fingerprint density at radius 2 is 1.79 bits per heavy atom. The van der Waals surface area contributed by atoms with Gasteiger partial charge >= 0.3 is 5.97 Å². The molecule has 1 heterocycles. The maximum absolute atomic E-state index is 10.4. The molecule has 0 fully saturated rings. The first-order chi connectivity index (χ1) is 9.16. The lowest BCUT2D eigenvalue weighted by atomic mass is 10.0. The lowest BCUT2D eigenvalue weighted by Crippen LogP contribution is -2.02. The van der Waals surface area contributed by atoms with Crippen LogP contribution in [0.25, 0.3) is 11.4 Å². The highest BCUT2D eigenvalue weighted by Crippen LogP contribution is 2.21. The Balaban J connectivity index is 2.08. The van der Waals surface area contributed by atoms with Gasteiger partial charge in [-0.1, -0.05) is 24.3 Å². The maximum atomic E-state index is 10.4. The largest absolute Gasteiger partial charge is 0.481 e. The minimum absolute atomic E-state index is 0.0509. The molecule has 2 N–H and O–H groups in total. The van der Waals surface area contributed by atoms with Gasteiger partial charge in [-0.05, 0) is 18.1 Å². The van der Waals surface area contributed by atoms with E-state index in [1.807, 2.05) is 12.1 Å². The molecule has 2 aromatic rings. The lowest BCUT2D eigenvalue weighted by Gasteiger charge is -2.10. The summed E-state index contributed by atoms with van der Waals surface area (Å²) in [6, 6.07) is 8.90. The van der Waals surface area contributed by atoms with Gasteiger partial charge in [-0.15, -0.1) is 0 Å². The molecule has 19 heavy (non-hydrogen) atoms. The second kappa shape index (κ2) is 6.06. The number of carboxylic acid groups (broad SMARTS) is 1. The predicted octanol–water partition coefficient (Wildman–Crippen LogP) is 2.04. The molecule has 5 nitrogen and oxygen atoms in total. The highest BCUT2D eigenvalue weighted by atomic mass is 16.4. The third kappa shape index (κ3) is 3.59. The van der Waals surface area contributed by atoms with Gasteiger partial charge in [0.25, 0.3) is 0 Å². The molecule has 0 spiro atoms. The number of aliphatic carboxylic acids is 1. The fraction of sp³-hybridized carbons (Fsp3) is 0.214. The number of benzene rings is 1. The van der Waals surface area contributed by atoms with Gasteiger partial charge in [0, 0.05) is 24.4 Å². The van der Waals surface area contributed by atoms with Gasteiger partial charge < -0.3 is 10.2 Å². The van der Waals surface area contributed by atoms with Crippen molar-refractivity contribution in [2.24, 2.45) is 0 Å². The molecule has 0 aliphatic rings. The number of aromatic nitrogens is 2. The Kier molecular flexibility index (Phi) is 4.20. The highest BCUT2D eigenvalue weighted by molar-refractivity contribution is 5.66. The molecule has 1 atom stereocenters. The molecule has 0 radical (unpaired) electrons. The molecular weight excluding hydrogens is 244 g/mol. The Hall–Kier alpha value is -2.27. The summed E-state index contributed by atoms with van der Waals surface area (Å²) in [6.07, 6.45) is 2.72. The maximum Gasteiger partial charge on any atom is 0.303 e. The van der Waals surface area contributed by atoms with E-state index in [9.17, 15) is 9.90 Å². The van der Waals surface area contributed by atoms with Crippen LogP contribution in [-0.4, -0.2) is 26.2 Å². The Labute approximate surface area is 110 Å². The summed E-state index contributed by atoms with van der Waals surface area (Å²) in [5.41, 5.74) is 1.55. The number of carboxylic acids is 1. The van der Waals surface area contributed by atoms with Crippen molar-refractivity contribution in [1.82, 2.24) is 9.97 Å². The van der Waals surface area contributed by atoms with Crippen LogP contribution in [0.4, 0.5) is 0 Å². The Morgan fingerprint density at radius 3 is 2.37 bits per heavy atom. The van der Waals surface area contributed by atoms with Crippen molar-refractivity contribution in [3.8, 4) is 11.4 Å². The monoisotopic (exact) mass is 258 g/mol. The fourth-order valence-electron chi connectivity index (χ4n) is 1.73. The van der Waals surface area contributed by atoms with Crippen molar-refractivity contribution in [3.63, 3.8) is 0 Å². The lowest BCUT2D eigenvalue weighted by molar-refractivity contribution is -0.137. The van der Waals surface area contributed by atoms with Gasteiger partial charge in [-0.25, -0.2) is 9.97 Å². The van der Waals surface area contributed by atoms with Crippen LogP contribution in [0.5, 0.6) is 0 Å². The first-order valence-electron chi connectivity index (χ1n) is 5.94. The standard InChI is InChI=1S/C14H14N2O3/c17-12(6-7-13(18)19)10-2-4-11(5-3-10)14-15-8-1-9-16-14/h1-5,8-9,12,17H,6-7H2,(H,18,19). The number of carbonyl (C=O) groups is 1. The van der Waals surface area contributed by atoms with Crippen LogP contribution < -0.4 is 0 Å². The molecule has 0 aliphatic carbocycles. The minimum Gasteiger partial charge on any atom is -0.481 e. The zero-order chi connectivity index (χ0) is 13.7. The summed E-state index contributed by atoms with van der Waals surface area (Å²) in [7, 11) is 0. The van der Waals surface area contributed by atoms with Gasteiger partial charge in [-0.3, -0.25) is 4.79 Å².